The van der Waals surface area contributed by atoms with Gasteiger partial charge in [0.25, 0.3) is 5.91 Å². The van der Waals surface area contributed by atoms with E-state index in [4.69, 9.17) is 11.6 Å². The number of carboxylic acids is 1. The van der Waals surface area contributed by atoms with E-state index in [1.807, 2.05) is 0 Å². The van der Waals surface area contributed by atoms with Crippen LogP contribution < -0.4 is 15.7 Å². The predicted octanol–water partition coefficient (Wildman–Crippen LogP) is 2.86. The maximum absolute atomic E-state index is 12.7. The number of halogens is 1. The van der Waals surface area contributed by atoms with Crippen LogP contribution in [0, 0.1) is 11.8 Å². The number of aliphatic carboxylic acids is 1. The lowest BCUT2D eigenvalue weighted by molar-refractivity contribution is -0.313. The molecule has 0 heterocycles. The molecule has 1 aliphatic carbocycles. The third-order valence-electron chi connectivity index (χ3n) is 4.58. The fourth-order valence-corrected chi connectivity index (χ4v) is 3.33. The number of carbonyl (C=O) groups is 3. The number of nitrogens with one attached hydrogen (secondary N) is 2. The van der Waals surface area contributed by atoms with Gasteiger partial charge in [-0.2, -0.15) is 0 Å². The molecule has 0 saturated heterocycles. The maximum Gasteiger partial charge on any atom is 0.257 e. The molecule has 0 radical (unpaired) electrons. The lowest BCUT2D eigenvalue weighted by Crippen LogP contribution is -2.41. The van der Waals surface area contributed by atoms with Crippen molar-refractivity contribution in [1.82, 2.24) is 0 Å². The molecule has 7 heteroatoms. The smallest absolute Gasteiger partial charge is 0.257 e. The highest BCUT2D eigenvalue weighted by atomic mass is 35.5. The molecule has 28 heavy (non-hydrogen) atoms. The third-order valence-corrected chi connectivity index (χ3v) is 4.82. The van der Waals surface area contributed by atoms with Crippen LogP contribution in [-0.4, -0.2) is 17.8 Å². The topological polar surface area (TPSA) is 98.3 Å². The first kappa shape index (κ1) is 19.6. The minimum atomic E-state index is -1.25. The van der Waals surface area contributed by atoms with E-state index in [1.165, 1.54) is 0 Å². The Balaban J connectivity index is 1.78. The van der Waals surface area contributed by atoms with E-state index in [0.717, 1.165) is 0 Å². The number of hydrogen-bond acceptors (Lipinski definition) is 4. The minimum Gasteiger partial charge on any atom is -0.550 e. The van der Waals surface area contributed by atoms with E-state index in [0.29, 0.717) is 22.8 Å². The highest BCUT2D eigenvalue weighted by Crippen LogP contribution is 2.27. The molecule has 2 N–H and O–H groups in total. The van der Waals surface area contributed by atoms with Gasteiger partial charge in [0.15, 0.2) is 0 Å². The van der Waals surface area contributed by atoms with E-state index in [-0.39, 0.29) is 12.0 Å². The summed E-state index contributed by atoms with van der Waals surface area (Å²) in [6.07, 6.45) is 4.07. The summed E-state index contributed by atoms with van der Waals surface area (Å²) in [5.74, 6) is -3.77. The van der Waals surface area contributed by atoms with Crippen LogP contribution in [0.1, 0.15) is 23.2 Å². The molecule has 0 aromatic heterocycles. The van der Waals surface area contributed by atoms with Gasteiger partial charge in [-0.1, -0.05) is 42.0 Å². The Morgan fingerprint density at radius 2 is 1.64 bits per heavy atom. The van der Waals surface area contributed by atoms with Crippen molar-refractivity contribution >= 4 is 40.8 Å². The summed E-state index contributed by atoms with van der Waals surface area (Å²) in [5.41, 5.74) is 1.08. The Labute approximate surface area is 167 Å². The van der Waals surface area contributed by atoms with Crippen molar-refractivity contribution in [2.75, 3.05) is 10.6 Å². The van der Waals surface area contributed by atoms with E-state index in [9.17, 15) is 19.5 Å². The molecule has 6 nitrogen and oxygen atoms in total. The fourth-order valence-electron chi connectivity index (χ4n) is 3.14. The van der Waals surface area contributed by atoms with Gasteiger partial charge in [0.1, 0.15) is 0 Å². The zero-order chi connectivity index (χ0) is 20.1. The number of carboxylic acid groups (broad SMARTS) is 1. The SMILES string of the molecule is O=C(Nc1cccc(Cl)c1)c1ccccc1NC(=O)[C@H]1CC=CC[C@@H]1C(=O)[O-]. The van der Waals surface area contributed by atoms with E-state index < -0.39 is 29.6 Å². The summed E-state index contributed by atoms with van der Waals surface area (Å²) in [7, 11) is 0. The zero-order valence-corrected chi connectivity index (χ0v) is 15.6. The van der Waals surface area contributed by atoms with Gasteiger partial charge < -0.3 is 20.5 Å². The summed E-state index contributed by atoms with van der Waals surface area (Å²) in [5, 5.41) is 17.2. The average Bonchev–Trinajstić information content (AvgIpc) is 2.68. The maximum atomic E-state index is 12.7. The largest absolute Gasteiger partial charge is 0.550 e. The van der Waals surface area contributed by atoms with Crippen molar-refractivity contribution in [2.45, 2.75) is 12.8 Å². The molecule has 0 spiro atoms. The van der Waals surface area contributed by atoms with Crippen LogP contribution in [0.3, 0.4) is 0 Å². The van der Waals surface area contributed by atoms with Crippen LogP contribution in [-0.2, 0) is 9.59 Å². The molecule has 2 atom stereocenters. The number of hydrogen-bond donors (Lipinski definition) is 2. The van der Waals surface area contributed by atoms with Gasteiger partial charge in [-0.15, -0.1) is 0 Å². The molecule has 2 amide bonds. The lowest BCUT2D eigenvalue weighted by Gasteiger charge is -2.28. The Bertz CT molecular complexity index is 942. The van der Waals surface area contributed by atoms with Crippen LogP contribution in [0.2, 0.25) is 5.02 Å². The van der Waals surface area contributed by atoms with Gasteiger partial charge in [-0.05, 0) is 43.2 Å². The monoisotopic (exact) mass is 397 g/mol. The number of anilines is 2. The molecular weight excluding hydrogens is 380 g/mol. The van der Waals surface area contributed by atoms with Crippen LogP contribution in [0.5, 0.6) is 0 Å². The van der Waals surface area contributed by atoms with Crippen molar-refractivity contribution in [3.8, 4) is 0 Å². The van der Waals surface area contributed by atoms with Crippen LogP contribution in [0.15, 0.2) is 60.7 Å². The molecular formula is C21H18ClN2O4-. The highest BCUT2D eigenvalue weighted by Gasteiger charge is 2.30. The van der Waals surface area contributed by atoms with Gasteiger partial charge in [-0.3, -0.25) is 9.59 Å². The molecule has 2 aromatic rings. The summed E-state index contributed by atoms with van der Waals surface area (Å²) in [4.78, 5) is 36.7. The van der Waals surface area contributed by atoms with Crippen molar-refractivity contribution < 1.29 is 19.5 Å². The molecule has 144 valence electrons. The first-order valence-electron chi connectivity index (χ1n) is 8.78. The van der Waals surface area contributed by atoms with E-state index in [2.05, 4.69) is 10.6 Å². The summed E-state index contributed by atoms with van der Waals surface area (Å²) >= 11 is 5.93. The zero-order valence-electron chi connectivity index (χ0n) is 14.9. The highest BCUT2D eigenvalue weighted by molar-refractivity contribution is 6.31. The number of para-hydroxylation sites is 1. The molecule has 0 saturated carbocycles. The van der Waals surface area contributed by atoms with Gasteiger partial charge >= 0.3 is 0 Å². The Morgan fingerprint density at radius 3 is 2.36 bits per heavy atom. The van der Waals surface area contributed by atoms with Crippen molar-refractivity contribution in [3.63, 3.8) is 0 Å². The first-order valence-corrected chi connectivity index (χ1v) is 9.16. The summed E-state index contributed by atoms with van der Waals surface area (Å²) in [6.45, 7) is 0. The fraction of sp³-hybridized carbons (Fsp3) is 0.190. The van der Waals surface area contributed by atoms with Crippen molar-refractivity contribution in [2.24, 2.45) is 11.8 Å². The predicted molar refractivity (Wildman–Crippen MR) is 105 cm³/mol. The van der Waals surface area contributed by atoms with Gasteiger partial charge in [0.2, 0.25) is 5.91 Å². The second-order valence-electron chi connectivity index (χ2n) is 6.47. The first-order chi connectivity index (χ1) is 13.5. The van der Waals surface area contributed by atoms with Crippen LogP contribution in [0.25, 0.3) is 0 Å². The van der Waals surface area contributed by atoms with Gasteiger partial charge in [0, 0.05) is 22.6 Å². The number of rotatable bonds is 5. The molecule has 0 unspecified atom stereocenters. The quantitative estimate of drug-likeness (QED) is 0.758. The minimum absolute atomic E-state index is 0.247. The van der Waals surface area contributed by atoms with Gasteiger partial charge in [0.05, 0.1) is 17.2 Å². The molecule has 0 aliphatic heterocycles. The molecule has 0 fully saturated rings. The van der Waals surface area contributed by atoms with Crippen molar-refractivity contribution in [3.05, 3.63) is 71.3 Å². The molecule has 1 aliphatic rings. The Kier molecular flexibility index (Phi) is 6.11. The molecule has 0 bridgehead atoms. The molecule has 2 aromatic carbocycles. The number of amides is 2. The number of carbonyl (C=O) groups excluding carboxylic acids is 3. The Hall–Kier alpha value is -3.12. The van der Waals surface area contributed by atoms with E-state index >= 15 is 0 Å². The second kappa shape index (κ2) is 8.71. The molecule has 3 rings (SSSR count). The Morgan fingerprint density at radius 1 is 0.929 bits per heavy atom. The summed E-state index contributed by atoms with van der Waals surface area (Å²) < 4.78 is 0. The lowest BCUT2D eigenvalue weighted by atomic mass is 9.82. The van der Waals surface area contributed by atoms with Crippen LogP contribution >= 0.6 is 11.6 Å². The third kappa shape index (κ3) is 4.58. The standard InChI is InChI=1S/C21H19ClN2O4/c22-13-6-5-7-14(12-13)23-20(26)17-10-3-4-11-18(17)24-19(25)15-8-1-2-9-16(15)21(27)28/h1-7,10-12,15-16H,8-9H2,(H,23,26)(H,24,25)(H,27,28)/p-1/t15-,16-/m0/s1. The van der Waals surface area contributed by atoms with Crippen molar-refractivity contribution in [1.29, 1.82) is 0 Å². The normalized spacial score (nSPS) is 18.3. The van der Waals surface area contributed by atoms with Gasteiger partial charge in [-0.25, -0.2) is 0 Å². The van der Waals surface area contributed by atoms with E-state index in [1.54, 1.807) is 60.7 Å². The van der Waals surface area contributed by atoms with Crippen LogP contribution in [0.4, 0.5) is 11.4 Å². The number of benzene rings is 2. The second-order valence-corrected chi connectivity index (χ2v) is 6.91. The average molecular weight is 398 g/mol. The summed E-state index contributed by atoms with van der Waals surface area (Å²) in [6, 6.07) is 13.2. The number of allylic oxidation sites excluding steroid dienone is 2.